The first-order valence-corrected chi connectivity index (χ1v) is 11.0. The molecule has 0 fully saturated rings. The number of benzene rings is 2. The van der Waals surface area contributed by atoms with E-state index in [1.807, 2.05) is 18.2 Å². The van der Waals surface area contributed by atoms with E-state index in [9.17, 15) is 13.2 Å². The molecule has 2 aromatic rings. The fraction of sp³-hybridized carbons (Fsp3) is 0.350. The number of carbonyl (C=O) groups is 1. The number of urea groups is 1. The number of anilines is 1. The molecule has 7 nitrogen and oxygen atoms in total. The predicted molar refractivity (Wildman–Crippen MR) is 108 cm³/mol. The number of amides is 2. The quantitative estimate of drug-likeness (QED) is 0.692. The third-order valence-electron chi connectivity index (χ3n) is 4.15. The third kappa shape index (κ3) is 6.16. The van der Waals surface area contributed by atoms with E-state index in [2.05, 4.69) is 10.6 Å². The lowest BCUT2D eigenvalue weighted by molar-refractivity contribution is 0.252. The molecule has 0 spiro atoms. The molecule has 0 aliphatic carbocycles. The van der Waals surface area contributed by atoms with Crippen LogP contribution in [0.15, 0.2) is 48.5 Å². The summed E-state index contributed by atoms with van der Waals surface area (Å²) in [7, 11) is -3.21. The fourth-order valence-corrected chi connectivity index (χ4v) is 4.24. The molecule has 150 valence electrons. The highest BCUT2D eigenvalue weighted by Crippen LogP contribution is 2.32. The van der Waals surface area contributed by atoms with Crippen molar-refractivity contribution in [3.8, 4) is 11.5 Å². The number of nitrogens with one attached hydrogen (secondary N) is 2. The Labute approximate surface area is 165 Å². The molecule has 1 aliphatic heterocycles. The van der Waals surface area contributed by atoms with Crippen molar-refractivity contribution in [2.75, 3.05) is 30.8 Å². The molecule has 0 radical (unpaired) electrons. The maximum Gasteiger partial charge on any atom is 0.319 e. The van der Waals surface area contributed by atoms with Crippen molar-refractivity contribution >= 4 is 21.6 Å². The summed E-state index contributed by atoms with van der Waals surface area (Å²) in [5.74, 6) is 1.29. The zero-order valence-corrected chi connectivity index (χ0v) is 16.3. The van der Waals surface area contributed by atoms with Gasteiger partial charge in [-0.05, 0) is 24.1 Å². The van der Waals surface area contributed by atoms with Gasteiger partial charge in [0.2, 0.25) is 0 Å². The molecule has 8 heteroatoms. The van der Waals surface area contributed by atoms with Gasteiger partial charge < -0.3 is 20.1 Å². The molecular formula is C20H24N2O5S. The van der Waals surface area contributed by atoms with Crippen LogP contribution in [0, 0.1) is 0 Å². The molecule has 2 aromatic carbocycles. The van der Waals surface area contributed by atoms with Gasteiger partial charge in [-0.3, -0.25) is 0 Å². The van der Waals surface area contributed by atoms with Gasteiger partial charge in [0.05, 0.1) is 24.7 Å². The van der Waals surface area contributed by atoms with Crippen molar-refractivity contribution < 1.29 is 22.7 Å². The summed E-state index contributed by atoms with van der Waals surface area (Å²) in [6.07, 6.45) is 1.16. The minimum absolute atomic E-state index is 0.0111. The number of fused-ring (bicyclic) bond motifs is 1. The van der Waals surface area contributed by atoms with Crippen molar-refractivity contribution in [3.63, 3.8) is 0 Å². The first-order chi connectivity index (χ1) is 13.5. The summed E-state index contributed by atoms with van der Waals surface area (Å²) in [5, 5.41) is 5.39. The van der Waals surface area contributed by atoms with Gasteiger partial charge in [0.1, 0.15) is 0 Å². The average molecular weight is 404 g/mol. The van der Waals surface area contributed by atoms with Crippen molar-refractivity contribution in [2.24, 2.45) is 0 Å². The van der Waals surface area contributed by atoms with Crippen LogP contribution in [-0.2, 0) is 15.6 Å². The molecule has 3 rings (SSSR count). The maximum absolute atomic E-state index is 12.1. The molecule has 2 N–H and O–H groups in total. The van der Waals surface area contributed by atoms with E-state index in [1.54, 1.807) is 30.3 Å². The highest BCUT2D eigenvalue weighted by molar-refractivity contribution is 7.90. The van der Waals surface area contributed by atoms with E-state index >= 15 is 0 Å². The van der Waals surface area contributed by atoms with Crippen LogP contribution in [0.5, 0.6) is 11.5 Å². The highest BCUT2D eigenvalue weighted by atomic mass is 32.2. The van der Waals surface area contributed by atoms with Crippen LogP contribution in [0.2, 0.25) is 0 Å². The number of hydrogen-bond donors (Lipinski definition) is 2. The summed E-state index contributed by atoms with van der Waals surface area (Å²) in [6, 6.07) is 13.9. The van der Waals surface area contributed by atoms with Gasteiger partial charge in [0, 0.05) is 24.7 Å². The van der Waals surface area contributed by atoms with Crippen LogP contribution >= 0.6 is 0 Å². The molecule has 0 saturated heterocycles. The van der Waals surface area contributed by atoms with Gasteiger partial charge in [0.15, 0.2) is 21.3 Å². The molecule has 1 aliphatic rings. The minimum Gasteiger partial charge on any atom is -0.490 e. The molecule has 0 bridgehead atoms. The van der Waals surface area contributed by atoms with Gasteiger partial charge in [-0.25, -0.2) is 13.2 Å². The third-order valence-corrected chi connectivity index (χ3v) is 5.84. The largest absolute Gasteiger partial charge is 0.490 e. The Morgan fingerprint density at radius 3 is 2.54 bits per heavy atom. The second-order valence-electron chi connectivity index (χ2n) is 6.52. The Balaban J connectivity index is 1.41. The van der Waals surface area contributed by atoms with E-state index in [4.69, 9.17) is 9.47 Å². The van der Waals surface area contributed by atoms with Gasteiger partial charge in [-0.1, -0.05) is 30.3 Å². The van der Waals surface area contributed by atoms with E-state index in [-0.39, 0.29) is 18.1 Å². The normalized spacial score (nSPS) is 13.4. The summed E-state index contributed by atoms with van der Waals surface area (Å²) in [4.78, 5) is 12.0. The van der Waals surface area contributed by atoms with E-state index < -0.39 is 15.9 Å². The van der Waals surface area contributed by atoms with E-state index in [0.717, 1.165) is 12.0 Å². The molecule has 0 aromatic heterocycles. The zero-order valence-electron chi connectivity index (χ0n) is 15.5. The average Bonchev–Trinajstić information content (AvgIpc) is 2.91. The second-order valence-corrected chi connectivity index (χ2v) is 8.71. The smallest absolute Gasteiger partial charge is 0.319 e. The number of sulfone groups is 1. The van der Waals surface area contributed by atoms with Crippen molar-refractivity contribution in [1.82, 2.24) is 5.32 Å². The van der Waals surface area contributed by atoms with Crippen LogP contribution in [0.4, 0.5) is 10.5 Å². The molecule has 1 heterocycles. The topological polar surface area (TPSA) is 93.7 Å². The second kappa shape index (κ2) is 9.45. The SMILES string of the molecule is O=C(NCCCS(=O)(=O)Cc1ccccc1)Nc1ccc2c(c1)OCCCO2. The first-order valence-electron chi connectivity index (χ1n) is 9.21. The fourth-order valence-electron chi connectivity index (χ4n) is 2.81. The van der Waals surface area contributed by atoms with Gasteiger partial charge in [-0.2, -0.15) is 0 Å². The molecule has 0 unspecified atom stereocenters. The lowest BCUT2D eigenvalue weighted by Crippen LogP contribution is -2.30. The number of hydrogen-bond acceptors (Lipinski definition) is 5. The Morgan fingerprint density at radius 1 is 1.00 bits per heavy atom. The molecular weight excluding hydrogens is 380 g/mol. The predicted octanol–water partition coefficient (Wildman–Crippen LogP) is 2.97. The van der Waals surface area contributed by atoms with Crippen LogP contribution < -0.4 is 20.1 Å². The molecule has 0 atom stereocenters. The lowest BCUT2D eigenvalue weighted by atomic mass is 10.2. The Kier molecular flexibility index (Phi) is 6.76. The van der Waals surface area contributed by atoms with Crippen LogP contribution in [0.1, 0.15) is 18.4 Å². The molecule has 2 amide bonds. The van der Waals surface area contributed by atoms with Crippen LogP contribution in [-0.4, -0.2) is 40.0 Å². The Hall–Kier alpha value is -2.74. The maximum atomic E-state index is 12.1. The zero-order chi connectivity index (χ0) is 19.8. The molecule has 0 saturated carbocycles. The molecule has 28 heavy (non-hydrogen) atoms. The summed E-state index contributed by atoms with van der Waals surface area (Å²) < 4.78 is 35.4. The van der Waals surface area contributed by atoms with Gasteiger partial charge >= 0.3 is 6.03 Å². The number of carbonyl (C=O) groups excluding carboxylic acids is 1. The van der Waals surface area contributed by atoms with Gasteiger partial charge in [-0.15, -0.1) is 0 Å². The monoisotopic (exact) mass is 404 g/mol. The van der Waals surface area contributed by atoms with Crippen LogP contribution in [0.3, 0.4) is 0 Å². The number of rotatable bonds is 7. The van der Waals surface area contributed by atoms with Crippen molar-refractivity contribution in [1.29, 1.82) is 0 Å². The number of ether oxygens (including phenoxy) is 2. The summed E-state index contributed by atoms with van der Waals surface area (Å²) >= 11 is 0. The van der Waals surface area contributed by atoms with Crippen LogP contribution in [0.25, 0.3) is 0 Å². The van der Waals surface area contributed by atoms with Crippen molar-refractivity contribution in [3.05, 3.63) is 54.1 Å². The van der Waals surface area contributed by atoms with Gasteiger partial charge in [0.25, 0.3) is 0 Å². The summed E-state index contributed by atoms with van der Waals surface area (Å²) in [5.41, 5.74) is 1.35. The highest BCUT2D eigenvalue weighted by Gasteiger charge is 2.13. The summed E-state index contributed by atoms with van der Waals surface area (Å²) in [6.45, 7) is 1.44. The van der Waals surface area contributed by atoms with Crippen molar-refractivity contribution in [2.45, 2.75) is 18.6 Å². The Morgan fingerprint density at radius 2 is 1.75 bits per heavy atom. The first kappa shape index (κ1) is 20.0. The van der Waals surface area contributed by atoms with E-state index in [0.29, 0.717) is 36.8 Å². The van der Waals surface area contributed by atoms with E-state index in [1.165, 1.54) is 0 Å². The Bertz CT molecular complexity index is 900. The lowest BCUT2D eigenvalue weighted by Gasteiger charge is -2.11. The standard InChI is InChI=1S/C20H24N2O5S/c23-20(22-17-8-9-18-19(14-17)27-12-5-11-26-18)21-10-4-13-28(24,25)15-16-6-2-1-3-7-16/h1-3,6-9,14H,4-5,10-13,15H2,(H2,21,22,23). The minimum atomic E-state index is -3.21.